The molecule has 0 saturated heterocycles. The van der Waals surface area contributed by atoms with Crippen molar-refractivity contribution in [2.75, 3.05) is 0 Å². The molecule has 102 valence electrons. The van der Waals surface area contributed by atoms with Gasteiger partial charge in [0.1, 0.15) is 6.04 Å². The van der Waals surface area contributed by atoms with Crippen LogP contribution in [0.25, 0.3) is 6.08 Å². The Morgan fingerprint density at radius 1 is 1.42 bits per heavy atom. The van der Waals surface area contributed by atoms with E-state index in [0.29, 0.717) is 18.9 Å². The molecule has 0 fully saturated rings. The van der Waals surface area contributed by atoms with Crippen LogP contribution in [0.1, 0.15) is 31.4 Å². The molecule has 1 aromatic carbocycles. The summed E-state index contributed by atoms with van der Waals surface area (Å²) in [5.41, 5.74) is 8.09. The summed E-state index contributed by atoms with van der Waals surface area (Å²) in [5, 5.41) is 1.53. The topological polar surface area (TPSA) is 55.6 Å². The van der Waals surface area contributed by atoms with Crippen molar-refractivity contribution in [2.45, 2.75) is 32.9 Å². The van der Waals surface area contributed by atoms with Gasteiger partial charge in [0.05, 0.1) is 6.54 Å². The second kappa shape index (κ2) is 5.89. The molecule has 1 heterocycles. The Kier molecular flexibility index (Phi) is 4.22. The number of hydroxylamine groups is 2. The van der Waals surface area contributed by atoms with Gasteiger partial charge in [-0.25, -0.2) is 9.86 Å². The Labute approximate surface area is 113 Å². The molecule has 1 aromatic rings. The normalized spacial score (nSPS) is 15.3. The quantitative estimate of drug-likeness (QED) is 0.902. The minimum atomic E-state index is -0.564. The molecule has 19 heavy (non-hydrogen) atoms. The summed E-state index contributed by atoms with van der Waals surface area (Å²) in [6, 6.07) is 7.46. The Bertz CT molecular complexity index is 483. The first-order chi connectivity index (χ1) is 9.06. The van der Waals surface area contributed by atoms with Crippen LogP contribution in [0.4, 0.5) is 0 Å². The van der Waals surface area contributed by atoms with Gasteiger partial charge in [0.25, 0.3) is 0 Å². The lowest BCUT2D eigenvalue weighted by Gasteiger charge is -2.25. The van der Waals surface area contributed by atoms with Crippen LogP contribution >= 0.6 is 0 Å². The number of fused-ring (bicyclic) bond motifs is 1. The fourth-order valence-corrected chi connectivity index (χ4v) is 2.07. The second-order valence-electron chi connectivity index (χ2n) is 5.24. The smallest absolute Gasteiger partial charge is 0.339 e. The van der Waals surface area contributed by atoms with Crippen LogP contribution in [0.2, 0.25) is 0 Å². The summed E-state index contributed by atoms with van der Waals surface area (Å²) >= 11 is 0. The molecule has 1 aliphatic rings. The maximum absolute atomic E-state index is 11.8. The first-order valence-corrected chi connectivity index (χ1v) is 6.56. The molecule has 0 saturated carbocycles. The summed E-state index contributed by atoms with van der Waals surface area (Å²) in [5.74, 6) is -0.00194. The van der Waals surface area contributed by atoms with E-state index in [0.717, 1.165) is 11.1 Å². The molecule has 0 aliphatic carbocycles. The molecule has 0 aromatic heterocycles. The summed E-state index contributed by atoms with van der Waals surface area (Å²) in [6.07, 6.45) is 4.33. The van der Waals surface area contributed by atoms with Crippen molar-refractivity contribution >= 4 is 12.0 Å². The molecule has 4 heteroatoms. The van der Waals surface area contributed by atoms with Crippen LogP contribution in [0.5, 0.6) is 0 Å². The standard InChI is InChI=1S/C15H20N2O2/c1-11(2)9-14(16)15(18)19-17-8-7-12-5-3-4-6-13(12)10-17/h3-8,11,14H,9-10,16H2,1-2H3/t14-/m0/s1. The van der Waals surface area contributed by atoms with Gasteiger partial charge < -0.3 is 10.6 Å². The number of nitrogens with zero attached hydrogens (tertiary/aromatic N) is 1. The first-order valence-electron chi connectivity index (χ1n) is 6.56. The molecule has 4 nitrogen and oxygen atoms in total. The minimum Gasteiger partial charge on any atom is -0.339 e. The van der Waals surface area contributed by atoms with Crippen LogP contribution < -0.4 is 5.73 Å². The van der Waals surface area contributed by atoms with E-state index in [4.69, 9.17) is 10.6 Å². The minimum absolute atomic E-state index is 0.375. The zero-order valence-corrected chi connectivity index (χ0v) is 11.4. The van der Waals surface area contributed by atoms with E-state index in [1.807, 2.05) is 44.2 Å². The average molecular weight is 260 g/mol. The lowest BCUT2D eigenvalue weighted by atomic mass is 10.0. The van der Waals surface area contributed by atoms with Gasteiger partial charge in [-0.2, -0.15) is 0 Å². The largest absolute Gasteiger partial charge is 0.348 e. The van der Waals surface area contributed by atoms with E-state index in [-0.39, 0.29) is 5.97 Å². The van der Waals surface area contributed by atoms with Gasteiger partial charge in [-0.15, -0.1) is 0 Å². The predicted molar refractivity (Wildman–Crippen MR) is 74.5 cm³/mol. The van der Waals surface area contributed by atoms with Crippen LogP contribution in [-0.2, 0) is 16.2 Å². The Morgan fingerprint density at radius 2 is 2.16 bits per heavy atom. The van der Waals surface area contributed by atoms with Crippen molar-refractivity contribution < 1.29 is 9.63 Å². The Morgan fingerprint density at radius 3 is 2.89 bits per heavy atom. The highest BCUT2D eigenvalue weighted by Gasteiger charge is 2.20. The van der Waals surface area contributed by atoms with Crippen LogP contribution in [0, 0.1) is 5.92 Å². The number of benzene rings is 1. The lowest BCUT2D eigenvalue weighted by Crippen LogP contribution is -2.37. The number of hydrogen-bond donors (Lipinski definition) is 1. The molecule has 1 atom stereocenters. The van der Waals surface area contributed by atoms with E-state index in [9.17, 15) is 4.79 Å². The van der Waals surface area contributed by atoms with E-state index >= 15 is 0 Å². The highest BCUT2D eigenvalue weighted by atomic mass is 16.7. The zero-order valence-electron chi connectivity index (χ0n) is 11.4. The maximum Gasteiger partial charge on any atom is 0.348 e. The number of carbonyl (C=O) groups excluding carboxylic acids is 1. The average Bonchev–Trinajstić information content (AvgIpc) is 2.37. The lowest BCUT2D eigenvalue weighted by molar-refractivity contribution is -0.182. The summed E-state index contributed by atoms with van der Waals surface area (Å²) in [7, 11) is 0. The van der Waals surface area contributed by atoms with Crippen molar-refractivity contribution in [3.8, 4) is 0 Å². The highest BCUT2D eigenvalue weighted by Crippen LogP contribution is 2.19. The second-order valence-corrected chi connectivity index (χ2v) is 5.24. The molecule has 0 unspecified atom stereocenters. The van der Waals surface area contributed by atoms with Gasteiger partial charge in [0, 0.05) is 6.20 Å². The van der Waals surface area contributed by atoms with Gasteiger partial charge in [0.2, 0.25) is 0 Å². The van der Waals surface area contributed by atoms with Crippen LogP contribution in [-0.4, -0.2) is 17.1 Å². The molecule has 2 N–H and O–H groups in total. The Hall–Kier alpha value is -1.81. The fourth-order valence-electron chi connectivity index (χ4n) is 2.07. The number of hydrogen-bond acceptors (Lipinski definition) is 4. The van der Waals surface area contributed by atoms with Crippen molar-refractivity contribution in [1.82, 2.24) is 5.06 Å². The van der Waals surface area contributed by atoms with Crippen LogP contribution in [0.15, 0.2) is 30.5 Å². The number of rotatable bonds is 4. The number of carbonyl (C=O) groups is 1. The summed E-state index contributed by atoms with van der Waals surface area (Å²) in [4.78, 5) is 17.1. The third kappa shape index (κ3) is 3.58. The number of nitrogens with two attached hydrogens (primary N) is 1. The summed E-state index contributed by atoms with van der Waals surface area (Å²) < 4.78 is 0. The molecule has 1 aliphatic heterocycles. The SMILES string of the molecule is CC(C)C[C@H](N)C(=O)ON1C=Cc2ccccc2C1. The van der Waals surface area contributed by atoms with Gasteiger partial charge in [0.15, 0.2) is 0 Å². The van der Waals surface area contributed by atoms with Crippen LogP contribution in [0.3, 0.4) is 0 Å². The van der Waals surface area contributed by atoms with E-state index in [1.54, 1.807) is 6.20 Å². The molecular weight excluding hydrogens is 240 g/mol. The van der Waals surface area contributed by atoms with Crippen molar-refractivity contribution in [3.05, 3.63) is 41.6 Å². The summed E-state index contributed by atoms with van der Waals surface area (Å²) in [6.45, 7) is 4.63. The van der Waals surface area contributed by atoms with Gasteiger partial charge in [-0.05, 0) is 29.5 Å². The predicted octanol–water partition coefficient (Wildman–Crippen LogP) is 2.30. The van der Waals surface area contributed by atoms with Gasteiger partial charge >= 0.3 is 5.97 Å². The van der Waals surface area contributed by atoms with Crippen molar-refractivity contribution in [3.63, 3.8) is 0 Å². The molecule has 0 amide bonds. The molecule has 2 rings (SSSR count). The first kappa shape index (κ1) is 13.6. The fraction of sp³-hybridized carbons (Fsp3) is 0.400. The molecule has 0 spiro atoms. The molecular formula is C15H20N2O2. The third-order valence-electron chi connectivity index (χ3n) is 3.04. The van der Waals surface area contributed by atoms with Crippen molar-refractivity contribution in [1.29, 1.82) is 0 Å². The van der Waals surface area contributed by atoms with E-state index < -0.39 is 6.04 Å². The maximum atomic E-state index is 11.8. The highest BCUT2D eigenvalue weighted by molar-refractivity contribution is 5.75. The molecule has 0 radical (unpaired) electrons. The van der Waals surface area contributed by atoms with E-state index in [1.165, 1.54) is 5.06 Å². The van der Waals surface area contributed by atoms with E-state index in [2.05, 4.69) is 0 Å². The zero-order chi connectivity index (χ0) is 13.8. The van der Waals surface area contributed by atoms with Crippen molar-refractivity contribution in [2.24, 2.45) is 11.7 Å². The third-order valence-corrected chi connectivity index (χ3v) is 3.04. The molecule has 0 bridgehead atoms. The van der Waals surface area contributed by atoms with Gasteiger partial charge in [-0.3, -0.25) is 0 Å². The Balaban J connectivity index is 1.94. The monoisotopic (exact) mass is 260 g/mol. The van der Waals surface area contributed by atoms with Gasteiger partial charge in [-0.1, -0.05) is 38.1 Å².